The maximum atomic E-state index is 14.0. The Morgan fingerprint density at radius 3 is 2.40 bits per heavy atom. The second kappa shape index (κ2) is 12.7. The van der Waals surface area contributed by atoms with Crippen LogP contribution >= 0.6 is 0 Å². The molecule has 2 atom stereocenters. The number of aliphatic hydroxyl groups excluding tert-OH is 1. The van der Waals surface area contributed by atoms with Crippen molar-refractivity contribution in [3.05, 3.63) is 102 Å². The minimum atomic E-state index is -1.91. The highest BCUT2D eigenvalue weighted by Crippen LogP contribution is 2.49. The standard InChI is InChI=1S/C34H37N3O5/c1-25(11-10-17-31(39)35(21-22-38)24-26-12-4-2-5-13-26)34(42)29-23-28(36-20-9-8-16-32(36)40)18-19-30(29)37(33(34)41)27-14-6-3-7-15-27/h2-7,10-15,18-19,23,25,38,42H,8-9,16-17,20-22,24H2,1H3/b11-10+/t25-,34+/m0/s1. The molecule has 2 N–H and O–H groups in total. The summed E-state index contributed by atoms with van der Waals surface area (Å²) >= 11 is 0. The average Bonchev–Trinajstić information content (AvgIpc) is 3.24. The van der Waals surface area contributed by atoms with E-state index in [2.05, 4.69) is 0 Å². The van der Waals surface area contributed by atoms with E-state index in [4.69, 9.17) is 0 Å². The first-order valence-corrected chi connectivity index (χ1v) is 14.5. The summed E-state index contributed by atoms with van der Waals surface area (Å²) in [4.78, 5) is 44.6. The van der Waals surface area contributed by atoms with Crippen molar-refractivity contribution in [2.75, 3.05) is 29.5 Å². The van der Waals surface area contributed by atoms with Crippen molar-refractivity contribution in [2.45, 2.75) is 44.8 Å². The Hall–Kier alpha value is -4.27. The first kappa shape index (κ1) is 29.2. The molecule has 3 aromatic carbocycles. The van der Waals surface area contributed by atoms with Crippen LogP contribution in [0, 0.1) is 5.92 Å². The molecule has 2 heterocycles. The second-order valence-corrected chi connectivity index (χ2v) is 10.9. The van der Waals surface area contributed by atoms with Gasteiger partial charge in [-0.15, -0.1) is 0 Å². The molecule has 1 fully saturated rings. The largest absolute Gasteiger partial charge is 0.395 e. The lowest BCUT2D eigenvalue weighted by atomic mass is 9.82. The third kappa shape index (κ3) is 5.73. The number of carbonyl (C=O) groups excluding carboxylic acids is 3. The molecule has 3 amide bonds. The van der Waals surface area contributed by atoms with Crippen LogP contribution in [0.5, 0.6) is 0 Å². The zero-order valence-corrected chi connectivity index (χ0v) is 23.9. The number of piperidine rings is 1. The third-order valence-corrected chi connectivity index (χ3v) is 8.13. The fourth-order valence-electron chi connectivity index (χ4n) is 5.80. The van der Waals surface area contributed by atoms with Gasteiger partial charge in [0.15, 0.2) is 5.60 Å². The van der Waals surface area contributed by atoms with Crippen LogP contribution in [0.15, 0.2) is 91.0 Å². The second-order valence-electron chi connectivity index (χ2n) is 10.9. The summed E-state index contributed by atoms with van der Waals surface area (Å²) in [6, 6.07) is 24.1. The lowest BCUT2D eigenvalue weighted by Crippen LogP contribution is -2.43. The molecule has 218 valence electrons. The Bertz CT molecular complexity index is 1460. The van der Waals surface area contributed by atoms with E-state index in [0.717, 1.165) is 18.4 Å². The van der Waals surface area contributed by atoms with Gasteiger partial charge in [0, 0.05) is 55.3 Å². The minimum absolute atomic E-state index is 0.0309. The Balaban J connectivity index is 1.42. The number of amides is 3. The summed E-state index contributed by atoms with van der Waals surface area (Å²) < 4.78 is 0. The van der Waals surface area contributed by atoms with Crippen LogP contribution in [0.1, 0.15) is 43.7 Å². The quantitative estimate of drug-likeness (QED) is 0.347. The number of fused-ring (bicyclic) bond motifs is 1. The number of hydrogen-bond acceptors (Lipinski definition) is 5. The first-order chi connectivity index (χ1) is 20.3. The van der Waals surface area contributed by atoms with E-state index in [1.165, 1.54) is 4.90 Å². The lowest BCUT2D eigenvalue weighted by molar-refractivity contribution is -0.138. The van der Waals surface area contributed by atoms with Gasteiger partial charge in [-0.25, -0.2) is 0 Å². The maximum Gasteiger partial charge on any atom is 0.268 e. The Kier molecular flexibility index (Phi) is 8.85. The fourth-order valence-corrected chi connectivity index (χ4v) is 5.80. The van der Waals surface area contributed by atoms with Gasteiger partial charge in [-0.2, -0.15) is 0 Å². The van der Waals surface area contributed by atoms with E-state index in [1.54, 1.807) is 41.0 Å². The molecular formula is C34H37N3O5. The highest BCUT2D eigenvalue weighted by molar-refractivity contribution is 6.12. The predicted molar refractivity (Wildman–Crippen MR) is 162 cm³/mol. The Morgan fingerprint density at radius 1 is 1.00 bits per heavy atom. The van der Waals surface area contributed by atoms with Crippen LogP contribution < -0.4 is 9.80 Å². The van der Waals surface area contributed by atoms with Crippen LogP contribution in [0.25, 0.3) is 0 Å². The molecule has 2 aliphatic heterocycles. The van der Waals surface area contributed by atoms with Gasteiger partial charge in [0.2, 0.25) is 11.8 Å². The van der Waals surface area contributed by atoms with E-state index < -0.39 is 17.4 Å². The summed E-state index contributed by atoms with van der Waals surface area (Å²) in [6.07, 6.45) is 5.65. The summed E-state index contributed by atoms with van der Waals surface area (Å²) in [6.45, 7) is 2.78. The normalized spacial score (nSPS) is 19.3. The minimum Gasteiger partial charge on any atom is -0.395 e. The third-order valence-electron chi connectivity index (χ3n) is 8.13. The van der Waals surface area contributed by atoms with Crippen molar-refractivity contribution in [3.63, 3.8) is 0 Å². The highest BCUT2D eigenvalue weighted by atomic mass is 16.3. The molecule has 0 bridgehead atoms. The molecule has 0 saturated carbocycles. The predicted octanol–water partition coefficient (Wildman–Crippen LogP) is 4.67. The van der Waals surface area contributed by atoms with Gasteiger partial charge < -0.3 is 20.0 Å². The summed E-state index contributed by atoms with van der Waals surface area (Å²) in [5.74, 6) is -1.31. The SMILES string of the molecule is C[C@@H](/C=C/CC(=O)N(CCO)Cc1ccccc1)[C@]1(O)C(=O)N(c2ccccc2)c2ccc(N3CCCCC3=O)cc21. The van der Waals surface area contributed by atoms with Crippen LogP contribution in [-0.2, 0) is 26.5 Å². The van der Waals surface area contributed by atoms with E-state index in [1.807, 2.05) is 66.7 Å². The Morgan fingerprint density at radius 2 is 1.71 bits per heavy atom. The first-order valence-electron chi connectivity index (χ1n) is 14.5. The van der Waals surface area contributed by atoms with Gasteiger partial charge in [-0.3, -0.25) is 19.3 Å². The van der Waals surface area contributed by atoms with Gasteiger partial charge in [0.1, 0.15) is 0 Å². The van der Waals surface area contributed by atoms with E-state index in [-0.39, 0.29) is 31.4 Å². The molecule has 8 nitrogen and oxygen atoms in total. The van der Waals surface area contributed by atoms with Crippen molar-refractivity contribution in [1.82, 2.24) is 4.90 Å². The fraction of sp³-hybridized carbons (Fsp3) is 0.324. The molecule has 8 heteroatoms. The van der Waals surface area contributed by atoms with Crippen molar-refractivity contribution in [2.24, 2.45) is 5.92 Å². The number of nitrogens with zero attached hydrogens (tertiary/aromatic N) is 3. The number of para-hydroxylation sites is 1. The molecule has 2 aliphatic rings. The van der Waals surface area contributed by atoms with Gasteiger partial charge >= 0.3 is 0 Å². The van der Waals surface area contributed by atoms with E-state index in [0.29, 0.717) is 42.1 Å². The number of anilines is 3. The number of hydrogen-bond donors (Lipinski definition) is 2. The molecule has 0 radical (unpaired) electrons. The van der Waals surface area contributed by atoms with Crippen molar-refractivity contribution in [1.29, 1.82) is 0 Å². The molecule has 0 aliphatic carbocycles. The van der Waals surface area contributed by atoms with E-state index in [9.17, 15) is 24.6 Å². The molecule has 5 rings (SSSR count). The summed E-state index contributed by atoms with van der Waals surface area (Å²) in [5.41, 5.74) is 1.34. The summed E-state index contributed by atoms with van der Waals surface area (Å²) in [7, 11) is 0. The maximum absolute atomic E-state index is 14.0. The zero-order chi connectivity index (χ0) is 29.7. The van der Waals surface area contributed by atoms with Gasteiger partial charge in [-0.05, 0) is 48.7 Å². The smallest absolute Gasteiger partial charge is 0.268 e. The highest BCUT2D eigenvalue weighted by Gasteiger charge is 2.53. The molecule has 0 unspecified atom stereocenters. The number of aliphatic hydroxyl groups is 2. The van der Waals surface area contributed by atoms with Crippen LogP contribution in [0.4, 0.5) is 17.1 Å². The number of benzene rings is 3. The van der Waals surface area contributed by atoms with Gasteiger partial charge in [0.05, 0.1) is 12.3 Å². The van der Waals surface area contributed by atoms with Crippen LogP contribution in [0.3, 0.4) is 0 Å². The van der Waals surface area contributed by atoms with Crippen molar-refractivity contribution in [3.8, 4) is 0 Å². The molecule has 1 saturated heterocycles. The van der Waals surface area contributed by atoms with Crippen LogP contribution in [0.2, 0.25) is 0 Å². The van der Waals surface area contributed by atoms with Crippen LogP contribution in [-0.4, -0.2) is 52.5 Å². The van der Waals surface area contributed by atoms with Crippen molar-refractivity contribution < 1.29 is 24.6 Å². The monoisotopic (exact) mass is 567 g/mol. The van der Waals surface area contributed by atoms with Gasteiger partial charge in [0.25, 0.3) is 5.91 Å². The number of carbonyl (C=O) groups is 3. The van der Waals surface area contributed by atoms with Crippen molar-refractivity contribution >= 4 is 34.8 Å². The topological polar surface area (TPSA) is 101 Å². The molecule has 0 aromatic heterocycles. The van der Waals surface area contributed by atoms with Gasteiger partial charge in [-0.1, -0.05) is 67.6 Å². The average molecular weight is 568 g/mol. The molecule has 42 heavy (non-hydrogen) atoms. The molecular weight excluding hydrogens is 530 g/mol. The summed E-state index contributed by atoms with van der Waals surface area (Å²) in [5, 5.41) is 21.7. The zero-order valence-electron chi connectivity index (χ0n) is 23.9. The molecule has 3 aromatic rings. The van der Waals surface area contributed by atoms with E-state index >= 15 is 0 Å². The Labute approximate surface area is 246 Å². The molecule has 0 spiro atoms. The number of rotatable bonds is 10. The lowest BCUT2D eigenvalue weighted by Gasteiger charge is -2.30.